The summed E-state index contributed by atoms with van der Waals surface area (Å²) in [5.41, 5.74) is 3.18. The molecule has 1 aliphatic carbocycles. The fourth-order valence-corrected chi connectivity index (χ4v) is 3.20. The first-order valence-electron chi connectivity index (χ1n) is 8.09. The highest BCUT2D eigenvalue weighted by atomic mass is 16.1. The van der Waals surface area contributed by atoms with E-state index in [4.69, 9.17) is 0 Å². The Kier molecular flexibility index (Phi) is 4.92. The number of amides is 1. The molecule has 1 atom stereocenters. The van der Waals surface area contributed by atoms with Crippen LogP contribution in [0.25, 0.3) is 0 Å². The van der Waals surface area contributed by atoms with E-state index in [-0.39, 0.29) is 17.4 Å². The maximum atomic E-state index is 12.5. The van der Waals surface area contributed by atoms with Crippen molar-refractivity contribution in [2.45, 2.75) is 59.4 Å². The Bertz CT molecular complexity index is 508. The topological polar surface area (TPSA) is 41.1 Å². The smallest absolute Gasteiger partial charge is 0.251 e. The standard InChI is InChI=1S/C18H28N2O/c1-5-19-15-10-9-14(12-13(15)2)17(21)20-16-8-6-7-11-18(16,3)4/h9-10,12,16,19H,5-8,11H2,1-4H3,(H,20,21). The fraction of sp³-hybridized carbons (Fsp3) is 0.611. The molecule has 2 rings (SSSR count). The van der Waals surface area contributed by atoms with Gasteiger partial charge in [-0.05, 0) is 55.9 Å². The molecule has 0 aromatic heterocycles. The molecule has 1 unspecified atom stereocenters. The van der Waals surface area contributed by atoms with Crippen LogP contribution in [0.15, 0.2) is 18.2 Å². The summed E-state index contributed by atoms with van der Waals surface area (Å²) in [4.78, 5) is 12.5. The molecular weight excluding hydrogens is 260 g/mol. The number of hydrogen-bond donors (Lipinski definition) is 2. The summed E-state index contributed by atoms with van der Waals surface area (Å²) in [5.74, 6) is 0.0566. The Morgan fingerprint density at radius 2 is 2.10 bits per heavy atom. The molecular formula is C18H28N2O. The van der Waals surface area contributed by atoms with Crippen molar-refractivity contribution in [3.63, 3.8) is 0 Å². The highest BCUT2D eigenvalue weighted by Gasteiger charge is 2.33. The molecule has 1 fully saturated rings. The van der Waals surface area contributed by atoms with E-state index >= 15 is 0 Å². The van der Waals surface area contributed by atoms with Crippen molar-refractivity contribution in [3.05, 3.63) is 29.3 Å². The molecule has 2 N–H and O–H groups in total. The first-order valence-corrected chi connectivity index (χ1v) is 8.09. The molecule has 1 saturated carbocycles. The highest BCUT2D eigenvalue weighted by Crippen LogP contribution is 2.35. The molecule has 0 radical (unpaired) electrons. The number of aryl methyl sites for hydroxylation is 1. The molecule has 3 nitrogen and oxygen atoms in total. The number of carbonyl (C=O) groups is 1. The molecule has 1 amide bonds. The summed E-state index contributed by atoms with van der Waals surface area (Å²) in [7, 11) is 0. The fourth-order valence-electron chi connectivity index (χ4n) is 3.20. The Labute approximate surface area is 128 Å². The lowest BCUT2D eigenvalue weighted by Gasteiger charge is -2.39. The van der Waals surface area contributed by atoms with E-state index < -0.39 is 0 Å². The Hall–Kier alpha value is -1.51. The average Bonchev–Trinajstić information content (AvgIpc) is 2.43. The quantitative estimate of drug-likeness (QED) is 0.875. The van der Waals surface area contributed by atoms with Crippen LogP contribution >= 0.6 is 0 Å². The molecule has 1 aliphatic rings. The van der Waals surface area contributed by atoms with Crippen molar-refractivity contribution in [2.75, 3.05) is 11.9 Å². The van der Waals surface area contributed by atoms with Gasteiger partial charge in [0.1, 0.15) is 0 Å². The normalized spacial score (nSPS) is 20.9. The first-order chi connectivity index (χ1) is 9.94. The zero-order valence-corrected chi connectivity index (χ0v) is 13.8. The lowest BCUT2D eigenvalue weighted by atomic mass is 9.73. The molecule has 1 aromatic carbocycles. The second-order valence-corrected chi connectivity index (χ2v) is 6.82. The largest absolute Gasteiger partial charge is 0.385 e. The van der Waals surface area contributed by atoms with Crippen LogP contribution in [0.3, 0.4) is 0 Å². The Morgan fingerprint density at radius 3 is 2.71 bits per heavy atom. The van der Waals surface area contributed by atoms with Gasteiger partial charge in [0.15, 0.2) is 0 Å². The minimum atomic E-state index is 0.0566. The van der Waals surface area contributed by atoms with E-state index in [0.29, 0.717) is 0 Å². The van der Waals surface area contributed by atoms with Gasteiger partial charge in [-0.1, -0.05) is 26.7 Å². The van der Waals surface area contributed by atoms with Gasteiger partial charge in [-0.3, -0.25) is 4.79 Å². The van der Waals surface area contributed by atoms with Crippen LogP contribution in [-0.2, 0) is 0 Å². The second kappa shape index (κ2) is 6.50. The van der Waals surface area contributed by atoms with E-state index in [1.165, 1.54) is 19.3 Å². The van der Waals surface area contributed by atoms with Crippen LogP contribution in [0.4, 0.5) is 5.69 Å². The minimum Gasteiger partial charge on any atom is -0.385 e. The average molecular weight is 288 g/mol. The molecule has 1 aromatic rings. The van der Waals surface area contributed by atoms with Gasteiger partial charge in [-0.2, -0.15) is 0 Å². The lowest BCUT2D eigenvalue weighted by Crippen LogP contribution is -2.46. The number of nitrogens with one attached hydrogen (secondary N) is 2. The number of rotatable bonds is 4. The molecule has 116 valence electrons. The number of hydrogen-bond acceptors (Lipinski definition) is 2. The van der Waals surface area contributed by atoms with Crippen LogP contribution < -0.4 is 10.6 Å². The van der Waals surface area contributed by atoms with Gasteiger partial charge in [0.25, 0.3) is 5.91 Å². The van der Waals surface area contributed by atoms with Crippen molar-refractivity contribution >= 4 is 11.6 Å². The van der Waals surface area contributed by atoms with Crippen LogP contribution in [0, 0.1) is 12.3 Å². The maximum Gasteiger partial charge on any atom is 0.251 e. The van der Waals surface area contributed by atoms with Crippen molar-refractivity contribution in [2.24, 2.45) is 5.41 Å². The lowest BCUT2D eigenvalue weighted by molar-refractivity contribution is 0.0853. The monoisotopic (exact) mass is 288 g/mol. The number of benzene rings is 1. The van der Waals surface area contributed by atoms with Crippen LogP contribution in [-0.4, -0.2) is 18.5 Å². The summed E-state index contributed by atoms with van der Waals surface area (Å²) in [6.07, 6.45) is 4.77. The molecule has 3 heteroatoms. The third-order valence-corrected chi connectivity index (χ3v) is 4.67. The van der Waals surface area contributed by atoms with E-state index in [2.05, 4.69) is 31.4 Å². The van der Waals surface area contributed by atoms with Gasteiger partial charge in [-0.25, -0.2) is 0 Å². The van der Waals surface area contributed by atoms with Gasteiger partial charge in [0.2, 0.25) is 0 Å². The van der Waals surface area contributed by atoms with Gasteiger partial charge in [0, 0.05) is 23.8 Å². The van der Waals surface area contributed by atoms with Gasteiger partial charge < -0.3 is 10.6 Å². The highest BCUT2D eigenvalue weighted by molar-refractivity contribution is 5.95. The van der Waals surface area contributed by atoms with Gasteiger partial charge in [0.05, 0.1) is 0 Å². The summed E-state index contributed by atoms with van der Waals surface area (Å²) in [5, 5.41) is 6.55. The third-order valence-electron chi connectivity index (χ3n) is 4.67. The summed E-state index contributed by atoms with van der Waals surface area (Å²) in [6, 6.07) is 6.17. The van der Waals surface area contributed by atoms with Crippen molar-refractivity contribution < 1.29 is 4.79 Å². The zero-order valence-electron chi connectivity index (χ0n) is 13.8. The van der Waals surface area contributed by atoms with Crippen molar-refractivity contribution in [1.82, 2.24) is 5.32 Å². The summed E-state index contributed by atoms with van der Waals surface area (Å²) < 4.78 is 0. The summed E-state index contributed by atoms with van der Waals surface area (Å²) in [6.45, 7) is 9.53. The molecule has 0 saturated heterocycles. The zero-order chi connectivity index (χ0) is 15.5. The predicted molar refractivity (Wildman–Crippen MR) is 88.8 cm³/mol. The SMILES string of the molecule is CCNc1ccc(C(=O)NC2CCCCC2(C)C)cc1C. The first kappa shape index (κ1) is 15.9. The van der Waals surface area contributed by atoms with Crippen molar-refractivity contribution in [1.29, 1.82) is 0 Å². The van der Waals surface area contributed by atoms with E-state index in [1.54, 1.807) is 0 Å². The molecule has 0 aliphatic heterocycles. The number of carbonyl (C=O) groups excluding carboxylic acids is 1. The van der Waals surface area contributed by atoms with Gasteiger partial charge in [-0.15, -0.1) is 0 Å². The Morgan fingerprint density at radius 1 is 1.33 bits per heavy atom. The van der Waals surface area contributed by atoms with Gasteiger partial charge >= 0.3 is 0 Å². The van der Waals surface area contributed by atoms with E-state index in [1.807, 2.05) is 25.1 Å². The molecule has 21 heavy (non-hydrogen) atoms. The molecule has 0 spiro atoms. The molecule has 0 heterocycles. The van der Waals surface area contributed by atoms with Crippen LogP contribution in [0.5, 0.6) is 0 Å². The predicted octanol–water partition coefficient (Wildman–Crippen LogP) is 4.13. The van der Waals surface area contributed by atoms with Crippen LogP contribution in [0.2, 0.25) is 0 Å². The number of anilines is 1. The summed E-state index contributed by atoms with van der Waals surface area (Å²) >= 11 is 0. The second-order valence-electron chi connectivity index (χ2n) is 6.82. The molecule has 0 bridgehead atoms. The van der Waals surface area contributed by atoms with Crippen LogP contribution in [0.1, 0.15) is 62.4 Å². The minimum absolute atomic E-state index is 0.0566. The van der Waals surface area contributed by atoms with Crippen molar-refractivity contribution in [3.8, 4) is 0 Å². The maximum absolute atomic E-state index is 12.5. The Balaban J connectivity index is 2.08. The third kappa shape index (κ3) is 3.78. The van der Waals surface area contributed by atoms with E-state index in [9.17, 15) is 4.79 Å². The van der Waals surface area contributed by atoms with E-state index in [0.717, 1.165) is 29.8 Å².